The number of hydrogen-bond acceptors (Lipinski definition) is 3. The van der Waals surface area contributed by atoms with Gasteiger partial charge in [0.2, 0.25) is 5.91 Å². The first-order valence-electron chi connectivity index (χ1n) is 7.95. The third-order valence-electron chi connectivity index (χ3n) is 4.33. The molecule has 1 aliphatic rings. The molecule has 1 fully saturated rings. The number of aromatic nitrogens is 2. The maximum absolute atomic E-state index is 12.1. The quantitative estimate of drug-likeness (QED) is 0.788. The minimum Gasteiger partial charge on any atom is -0.467 e. The van der Waals surface area contributed by atoms with Crippen LogP contribution < -0.4 is 5.32 Å². The second-order valence-electron chi connectivity index (χ2n) is 6.16. The predicted molar refractivity (Wildman–Crippen MR) is 86.9 cm³/mol. The van der Waals surface area contributed by atoms with Gasteiger partial charge in [-0.1, -0.05) is 6.07 Å². The third-order valence-corrected chi connectivity index (χ3v) is 4.33. The van der Waals surface area contributed by atoms with E-state index in [1.807, 2.05) is 24.3 Å². The van der Waals surface area contributed by atoms with Gasteiger partial charge in [-0.25, -0.2) is 4.98 Å². The first-order valence-corrected chi connectivity index (χ1v) is 7.95. The van der Waals surface area contributed by atoms with E-state index < -0.39 is 0 Å². The number of aryl methyl sites for hydroxylation is 1. The summed E-state index contributed by atoms with van der Waals surface area (Å²) in [6, 6.07) is 9.75. The maximum Gasteiger partial charge on any atom is 0.224 e. The molecule has 5 nitrogen and oxygen atoms in total. The molecule has 1 saturated carbocycles. The Morgan fingerprint density at radius 3 is 3.00 bits per heavy atom. The standard InChI is InChI=1S/C18H19N3O2/c1-21-16-7-4-12(9-15(16)20-18(21)13-5-6-13)10-17(22)19-11-14-3-2-8-23-14/h2-4,7-9,13H,5-6,10-11H2,1H3,(H,19,22). The molecule has 3 aromatic rings. The molecule has 0 unspecified atom stereocenters. The van der Waals surface area contributed by atoms with Crippen molar-refractivity contribution in [2.75, 3.05) is 0 Å². The van der Waals surface area contributed by atoms with Crippen LogP contribution in [0.4, 0.5) is 0 Å². The molecule has 23 heavy (non-hydrogen) atoms. The second kappa shape index (κ2) is 5.57. The SMILES string of the molecule is Cn1c(C2CC2)nc2cc(CC(=O)NCc3ccco3)ccc21. The highest BCUT2D eigenvalue weighted by Crippen LogP contribution is 2.40. The van der Waals surface area contributed by atoms with Crippen LogP contribution in [0.2, 0.25) is 0 Å². The molecule has 0 atom stereocenters. The van der Waals surface area contributed by atoms with Crippen LogP contribution in [-0.2, 0) is 24.8 Å². The van der Waals surface area contributed by atoms with Crippen LogP contribution >= 0.6 is 0 Å². The molecule has 1 aromatic carbocycles. The van der Waals surface area contributed by atoms with Gasteiger partial charge in [-0.2, -0.15) is 0 Å². The number of fused-ring (bicyclic) bond motifs is 1. The topological polar surface area (TPSA) is 60.1 Å². The summed E-state index contributed by atoms with van der Waals surface area (Å²) in [6.45, 7) is 0.420. The molecule has 118 valence electrons. The zero-order valence-electron chi connectivity index (χ0n) is 13.1. The number of nitrogens with one attached hydrogen (secondary N) is 1. The summed E-state index contributed by atoms with van der Waals surface area (Å²) in [6.07, 6.45) is 4.43. The Labute approximate surface area is 134 Å². The highest BCUT2D eigenvalue weighted by Gasteiger charge is 2.28. The Kier molecular flexibility index (Phi) is 3.41. The lowest BCUT2D eigenvalue weighted by Crippen LogP contribution is -2.24. The summed E-state index contributed by atoms with van der Waals surface area (Å²) < 4.78 is 7.38. The zero-order chi connectivity index (χ0) is 15.8. The van der Waals surface area contributed by atoms with Gasteiger partial charge in [0.1, 0.15) is 11.6 Å². The van der Waals surface area contributed by atoms with Crippen molar-refractivity contribution in [2.45, 2.75) is 31.7 Å². The molecule has 1 aliphatic carbocycles. The lowest BCUT2D eigenvalue weighted by molar-refractivity contribution is -0.120. The maximum atomic E-state index is 12.1. The van der Waals surface area contributed by atoms with Crippen LogP contribution in [-0.4, -0.2) is 15.5 Å². The van der Waals surface area contributed by atoms with Gasteiger partial charge in [-0.15, -0.1) is 0 Å². The number of furan rings is 1. The van der Waals surface area contributed by atoms with Crippen molar-refractivity contribution < 1.29 is 9.21 Å². The lowest BCUT2D eigenvalue weighted by atomic mass is 10.1. The van der Waals surface area contributed by atoms with E-state index in [1.165, 1.54) is 18.7 Å². The number of amides is 1. The monoisotopic (exact) mass is 309 g/mol. The van der Waals surface area contributed by atoms with Gasteiger partial charge in [0.15, 0.2) is 0 Å². The van der Waals surface area contributed by atoms with E-state index in [9.17, 15) is 4.79 Å². The summed E-state index contributed by atoms with van der Waals surface area (Å²) in [5, 5.41) is 2.87. The van der Waals surface area contributed by atoms with Gasteiger partial charge >= 0.3 is 0 Å². The van der Waals surface area contributed by atoms with Crippen molar-refractivity contribution in [1.82, 2.24) is 14.9 Å². The largest absolute Gasteiger partial charge is 0.467 e. The average molecular weight is 309 g/mol. The van der Waals surface area contributed by atoms with E-state index in [-0.39, 0.29) is 5.91 Å². The van der Waals surface area contributed by atoms with Crippen molar-refractivity contribution in [3.05, 3.63) is 53.7 Å². The van der Waals surface area contributed by atoms with Crippen LogP contribution in [0.5, 0.6) is 0 Å². The van der Waals surface area contributed by atoms with Crippen LogP contribution in [0.25, 0.3) is 11.0 Å². The van der Waals surface area contributed by atoms with Crippen molar-refractivity contribution in [2.24, 2.45) is 7.05 Å². The Hall–Kier alpha value is -2.56. The highest BCUT2D eigenvalue weighted by atomic mass is 16.3. The molecular formula is C18H19N3O2. The zero-order valence-corrected chi connectivity index (χ0v) is 13.1. The molecule has 2 aromatic heterocycles. The molecule has 1 N–H and O–H groups in total. The lowest BCUT2D eigenvalue weighted by Gasteiger charge is -2.04. The van der Waals surface area contributed by atoms with Gasteiger partial charge in [0.25, 0.3) is 0 Å². The fourth-order valence-corrected chi connectivity index (χ4v) is 2.93. The third kappa shape index (κ3) is 2.86. The Bertz CT molecular complexity index is 845. The van der Waals surface area contributed by atoms with Crippen molar-refractivity contribution in [3.63, 3.8) is 0 Å². The molecule has 1 amide bonds. The van der Waals surface area contributed by atoms with Crippen LogP contribution in [0.15, 0.2) is 41.0 Å². The first-order chi connectivity index (χ1) is 11.2. The van der Waals surface area contributed by atoms with E-state index in [2.05, 4.69) is 23.0 Å². The number of imidazole rings is 1. The van der Waals surface area contributed by atoms with Gasteiger partial charge in [-0.05, 0) is 42.7 Å². The molecule has 0 spiro atoms. The summed E-state index contributed by atoms with van der Waals surface area (Å²) in [5.41, 5.74) is 3.09. The number of rotatable bonds is 5. The first kappa shape index (κ1) is 14.1. The molecule has 2 heterocycles. The van der Waals surface area contributed by atoms with Crippen LogP contribution in [0.1, 0.15) is 35.9 Å². The van der Waals surface area contributed by atoms with Gasteiger partial charge < -0.3 is 14.3 Å². The summed E-state index contributed by atoms with van der Waals surface area (Å²) in [4.78, 5) is 16.8. The Morgan fingerprint density at radius 1 is 1.39 bits per heavy atom. The number of carbonyl (C=O) groups excluding carboxylic acids is 1. The molecule has 0 aliphatic heterocycles. The average Bonchev–Trinajstić information content (AvgIpc) is 3.14. The summed E-state index contributed by atoms with van der Waals surface area (Å²) in [7, 11) is 2.07. The molecule has 0 radical (unpaired) electrons. The minimum absolute atomic E-state index is 0.0147. The fraction of sp³-hybridized carbons (Fsp3) is 0.333. The number of nitrogens with zero attached hydrogens (tertiary/aromatic N) is 2. The summed E-state index contributed by atoms with van der Waals surface area (Å²) in [5.74, 6) is 2.53. The number of hydrogen-bond donors (Lipinski definition) is 1. The predicted octanol–water partition coefficient (Wildman–Crippen LogP) is 2.90. The molecular weight excluding hydrogens is 290 g/mol. The second-order valence-corrected chi connectivity index (χ2v) is 6.16. The molecule has 4 rings (SSSR count). The van der Waals surface area contributed by atoms with E-state index in [1.54, 1.807) is 6.26 Å². The number of benzene rings is 1. The van der Waals surface area contributed by atoms with Gasteiger partial charge in [-0.3, -0.25) is 4.79 Å². The van der Waals surface area contributed by atoms with E-state index in [0.717, 1.165) is 22.4 Å². The molecule has 0 saturated heterocycles. The summed E-state index contributed by atoms with van der Waals surface area (Å²) >= 11 is 0. The van der Waals surface area contributed by atoms with E-state index in [0.29, 0.717) is 18.9 Å². The number of carbonyl (C=O) groups is 1. The Morgan fingerprint density at radius 2 is 2.26 bits per heavy atom. The van der Waals surface area contributed by atoms with Crippen LogP contribution in [0, 0.1) is 0 Å². The van der Waals surface area contributed by atoms with Gasteiger partial charge in [0.05, 0.1) is 30.3 Å². The van der Waals surface area contributed by atoms with Crippen LogP contribution in [0.3, 0.4) is 0 Å². The normalized spacial score (nSPS) is 14.3. The molecule has 5 heteroatoms. The van der Waals surface area contributed by atoms with Crippen molar-refractivity contribution in [3.8, 4) is 0 Å². The molecule has 0 bridgehead atoms. The van der Waals surface area contributed by atoms with E-state index >= 15 is 0 Å². The smallest absolute Gasteiger partial charge is 0.224 e. The van der Waals surface area contributed by atoms with E-state index in [4.69, 9.17) is 9.40 Å². The van der Waals surface area contributed by atoms with Crippen molar-refractivity contribution >= 4 is 16.9 Å². The highest BCUT2D eigenvalue weighted by molar-refractivity contribution is 5.82. The van der Waals surface area contributed by atoms with Crippen molar-refractivity contribution in [1.29, 1.82) is 0 Å². The minimum atomic E-state index is -0.0147. The fourth-order valence-electron chi connectivity index (χ4n) is 2.93. The Balaban J connectivity index is 1.47. The van der Waals surface area contributed by atoms with Gasteiger partial charge in [0, 0.05) is 13.0 Å².